The minimum absolute atomic E-state index is 0.0415. The number of halogens is 8. The number of benzene rings is 3. The molecule has 0 aliphatic carbocycles. The van der Waals surface area contributed by atoms with E-state index in [1.807, 2.05) is 19.6 Å². The van der Waals surface area contributed by atoms with Gasteiger partial charge >= 0.3 is 12.4 Å². The largest absolute Gasteiger partial charge is 0.417 e. The molecule has 47 heavy (non-hydrogen) atoms. The molecule has 0 bridgehead atoms. The second kappa shape index (κ2) is 12.7. The predicted octanol–water partition coefficient (Wildman–Crippen LogP) is 8.53. The van der Waals surface area contributed by atoms with Crippen LogP contribution in [0.4, 0.5) is 35.1 Å². The van der Waals surface area contributed by atoms with Gasteiger partial charge in [-0.2, -0.15) is 31.6 Å². The first kappa shape index (κ1) is 35.6. The number of aromatic nitrogens is 1. The zero-order chi connectivity index (χ0) is 35.1. The molecule has 0 amide bonds. The van der Waals surface area contributed by atoms with Crippen molar-refractivity contribution in [3.63, 3.8) is 0 Å². The molecule has 0 fully saturated rings. The molecule has 0 aliphatic heterocycles. The smallest absolute Gasteiger partial charge is 0.303 e. The zero-order valence-corrected chi connectivity index (χ0v) is 26.8. The van der Waals surface area contributed by atoms with Crippen molar-refractivity contribution in [2.45, 2.75) is 49.5 Å². The van der Waals surface area contributed by atoms with E-state index in [-0.39, 0.29) is 34.1 Å². The van der Waals surface area contributed by atoms with Gasteiger partial charge in [-0.15, -0.1) is 0 Å². The molecule has 0 spiro atoms. The molecule has 0 atom stereocenters. The number of hydrogen-bond acceptors (Lipinski definition) is 4. The molecule has 0 aliphatic rings. The maximum atomic E-state index is 14.6. The van der Waals surface area contributed by atoms with Gasteiger partial charge in [0.2, 0.25) is 0 Å². The van der Waals surface area contributed by atoms with Gasteiger partial charge in [-0.25, -0.2) is 17.2 Å². The fourth-order valence-electron chi connectivity index (χ4n) is 4.72. The second-order valence-corrected chi connectivity index (χ2v) is 19.7. The number of sulfone groups is 1. The highest BCUT2D eigenvalue weighted by Gasteiger charge is 2.37. The van der Waals surface area contributed by atoms with Crippen LogP contribution < -0.4 is 5.56 Å². The van der Waals surface area contributed by atoms with Crippen LogP contribution >= 0.6 is 0 Å². The van der Waals surface area contributed by atoms with E-state index in [1.54, 1.807) is 0 Å². The van der Waals surface area contributed by atoms with Gasteiger partial charge in [0.15, 0.2) is 9.84 Å². The standard InChI is InChI=1S/C32H26F8N2O3SSi/c1-47(2,3)10-9-46(44,45)25-13-22(12-23(14-25)31(35,36)37)19-5-4-6-20(11-19)29-16-27(32(38,39)40)26(17-41)30(43)42(29)18-21-7-8-24(33)15-28(21)34/h4-8,11-16H,9-10,18H2,1-3H3. The summed E-state index contributed by atoms with van der Waals surface area (Å²) >= 11 is 0. The van der Waals surface area contributed by atoms with Gasteiger partial charge in [0.1, 0.15) is 23.3 Å². The summed E-state index contributed by atoms with van der Waals surface area (Å²) in [6.07, 6.45) is -10.1. The SMILES string of the molecule is C[Si](C)(C)CCS(=O)(=O)c1cc(-c2cccc(-c3cc(C(F)(F)F)c(C#N)c(=O)n3Cc3ccc(F)cc3F)c2)cc(C(F)(F)F)c1. The third-order valence-corrected chi connectivity index (χ3v) is 11.1. The third-order valence-electron chi connectivity index (χ3n) is 7.27. The van der Waals surface area contributed by atoms with Crippen LogP contribution in [0, 0.1) is 23.0 Å². The maximum absolute atomic E-state index is 14.6. The van der Waals surface area contributed by atoms with E-state index in [4.69, 9.17) is 0 Å². The third kappa shape index (κ3) is 8.17. The molecule has 0 saturated carbocycles. The first-order valence-electron chi connectivity index (χ1n) is 13.9. The zero-order valence-electron chi connectivity index (χ0n) is 25.0. The van der Waals surface area contributed by atoms with Gasteiger partial charge in [0.25, 0.3) is 5.56 Å². The molecule has 3 aromatic carbocycles. The summed E-state index contributed by atoms with van der Waals surface area (Å²) in [6, 6.07) is 11.5. The number of nitrogens with zero attached hydrogens (tertiary/aromatic N) is 2. The van der Waals surface area contributed by atoms with E-state index < -0.39 is 81.3 Å². The van der Waals surface area contributed by atoms with E-state index in [0.717, 1.165) is 24.3 Å². The molecule has 0 radical (unpaired) electrons. The molecule has 248 valence electrons. The van der Waals surface area contributed by atoms with Crippen LogP contribution in [0.2, 0.25) is 25.7 Å². The molecule has 4 rings (SSSR count). The normalized spacial score (nSPS) is 12.6. The Balaban J connectivity index is 1.97. The van der Waals surface area contributed by atoms with Crippen molar-refractivity contribution < 1.29 is 43.5 Å². The van der Waals surface area contributed by atoms with Crippen molar-refractivity contribution in [2.24, 2.45) is 0 Å². The van der Waals surface area contributed by atoms with Gasteiger partial charge < -0.3 is 4.57 Å². The van der Waals surface area contributed by atoms with Crippen molar-refractivity contribution in [3.8, 4) is 28.5 Å². The molecule has 15 heteroatoms. The molecule has 0 N–H and O–H groups in total. The molecular formula is C32H26F8N2O3SSi. The highest BCUT2D eigenvalue weighted by Crippen LogP contribution is 2.38. The van der Waals surface area contributed by atoms with Crippen LogP contribution in [-0.4, -0.2) is 26.8 Å². The molecule has 1 aromatic heterocycles. The first-order chi connectivity index (χ1) is 21.6. The lowest BCUT2D eigenvalue weighted by atomic mass is 9.98. The quantitative estimate of drug-likeness (QED) is 0.137. The molecule has 0 saturated heterocycles. The minimum atomic E-state index is -5.18. The van der Waals surface area contributed by atoms with Crippen molar-refractivity contribution in [3.05, 3.63) is 111 Å². The Bertz CT molecular complexity index is 2060. The van der Waals surface area contributed by atoms with E-state index in [0.29, 0.717) is 28.8 Å². The van der Waals surface area contributed by atoms with Crippen LogP contribution in [0.15, 0.2) is 76.4 Å². The van der Waals surface area contributed by atoms with Crippen LogP contribution in [0.5, 0.6) is 0 Å². The lowest BCUT2D eigenvalue weighted by Crippen LogP contribution is -2.29. The van der Waals surface area contributed by atoms with Crippen LogP contribution in [0.1, 0.15) is 22.3 Å². The number of alkyl halides is 6. The monoisotopic (exact) mass is 698 g/mol. The van der Waals surface area contributed by atoms with E-state index in [9.17, 15) is 53.6 Å². The highest BCUT2D eigenvalue weighted by atomic mass is 32.2. The lowest BCUT2D eigenvalue weighted by Gasteiger charge is -2.19. The summed E-state index contributed by atoms with van der Waals surface area (Å²) in [4.78, 5) is 12.7. The van der Waals surface area contributed by atoms with E-state index in [2.05, 4.69) is 0 Å². The summed E-state index contributed by atoms with van der Waals surface area (Å²) in [6.45, 7) is 4.98. The average Bonchev–Trinajstić information content (AvgIpc) is 2.96. The van der Waals surface area contributed by atoms with Gasteiger partial charge in [-0.05, 0) is 59.1 Å². The summed E-state index contributed by atoms with van der Waals surface area (Å²) in [5, 5.41) is 9.44. The Morgan fingerprint density at radius 1 is 0.830 bits per heavy atom. The summed E-state index contributed by atoms with van der Waals surface area (Å²) < 4.78 is 139. The van der Waals surface area contributed by atoms with Gasteiger partial charge in [0, 0.05) is 19.7 Å². The van der Waals surface area contributed by atoms with E-state index >= 15 is 0 Å². The molecular weight excluding hydrogens is 673 g/mol. The number of pyridine rings is 1. The van der Waals surface area contributed by atoms with Gasteiger partial charge in [-0.3, -0.25) is 4.79 Å². The van der Waals surface area contributed by atoms with Crippen molar-refractivity contribution in [1.29, 1.82) is 5.26 Å². The highest BCUT2D eigenvalue weighted by molar-refractivity contribution is 7.91. The number of nitriles is 1. The second-order valence-electron chi connectivity index (χ2n) is 12.0. The van der Waals surface area contributed by atoms with Crippen LogP contribution in [-0.2, 0) is 28.7 Å². The topological polar surface area (TPSA) is 79.9 Å². The summed E-state index contributed by atoms with van der Waals surface area (Å²) in [7, 11) is -6.10. The Hall–Kier alpha value is -4.29. The molecule has 5 nitrogen and oxygen atoms in total. The molecule has 0 unspecified atom stereocenters. The number of hydrogen-bond donors (Lipinski definition) is 0. The Morgan fingerprint density at radius 3 is 2.06 bits per heavy atom. The van der Waals surface area contributed by atoms with Crippen molar-refractivity contribution in [1.82, 2.24) is 4.57 Å². The van der Waals surface area contributed by atoms with Crippen molar-refractivity contribution in [2.75, 3.05) is 5.75 Å². The summed E-state index contributed by atoms with van der Waals surface area (Å²) in [5.41, 5.74) is -6.81. The minimum Gasteiger partial charge on any atom is -0.303 e. The average molecular weight is 699 g/mol. The molecule has 1 heterocycles. The van der Waals surface area contributed by atoms with Gasteiger partial charge in [0.05, 0.1) is 34.0 Å². The Morgan fingerprint density at radius 2 is 1.49 bits per heavy atom. The predicted molar refractivity (Wildman–Crippen MR) is 162 cm³/mol. The Labute approximate surface area is 265 Å². The van der Waals surface area contributed by atoms with Crippen LogP contribution in [0.3, 0.4) is 0 Å². The van der Waals surface area contributed by atoms with Gasteiger partial charge in [-0.1, -0.05) is 43.9 Å². The fraction of sp³-hybridized carbons (Fsp3) is 0.250. The van der Waals surface area contributed by atoms with Crippen molar-refractivity contribution >= 4 is 17.9 Å². The van der Waals surface area contributed by atoms with E-state index in [1.165, 1.54) is 24.3 Å². The first-order valence-corrected chi connectivity index (χ1v) is 19.2. The lowest BCUT2D eigenvalue weighted by molar-refractivity contribution is -0.138. The number of rotatable bonds is 8. The fourth-order valence-corrected chi connectivity index (χ4v) is 9.09. The molecule has 4 aromatic rings. The maximum Gasteiger partial charge on any atom is 0.417 e. The Kier molecular flexibility index (Phi) is 9.62. The summed E-state index contributed by atoms with van der Waals surface area (Å²) in [5.74, 6) is -2.47. The van der Waals surface area contributed by atoms with Crippen LogP contribution in [0.25, 0.3) is 22.4 Å².